The Kier molecular flexibility index (Phi) is 6.25. The highest BCUT2D eigenvalue weighted by Gasteiger charge is 2.28. The molecule has 142 valence electrons. The highest BCUT2D eigenvalue weighted by atomic mass is 16.2. The summed E-state index contributed by atoms with van der Waals surface area (Å²) in [6, 6.07) is 15.6. The van der Waals surface area contributed by atoms with E-state index in [1.54, 1.807) is 18.1 Å². The third kappa shape index (κ3) is 5.44. The zero-order chi connectivity index (χ0) is 19.1. The SMILES string of the molecule is CN(CCc1ccccn1)C(=O)CNC(=O)NC1CN(c2ccccc2)C1. The van der Waals surface area contributed by atoms with Gasteiger partial charge >= 0.3 is 6.03 Å². The van der Waals surface area contributed by atoms with E-state index in [0.29, 0.717) is 13.0 Å². The lowest BCUT2D eigenvalue weighted by molar-refractivity contribution is -0.128. The van der Waals surface area contributed by atoms with Crippen LogP contribution in [-0.4, -0.2) is 61.1 Å². The van der Waals surface area contributed by atoms with Gasteiger partial charge in [-0.1, -0.05) is 24.3 Å². The predicted octanol–water partition coefficient (Wildman–Crippen LogP) is 1.27. The van der Waals surface area contributed by atoms with Gasteiger partial charge in [0.2, 0.25) is 5.91 Å². The number of anilines is 1. The highest BCUT2D eigenvalue weighted by Crippen LogP contribution is 2.19. The van der Waals surface area contributed by atoms with Crippen molar-refractivity contribution < 1.29 is 9.59 Å². The molecule has 1 aliphatic heterocycles. The standard InChI is InChI=1S/C20H25N5O2/c1-24(12-10-16-7-5-6-11-21-16)19(26)13-22-20(27)23-17-14-25(15-17)18-8-3-2-4-9-18/h2-9,11,17H,10,12-15H2,1H3,(H2,22,23,27). The van der Waals surface area contributed by atoms with Gasteiger partial charge in [-0.3, -0.25) is 9.78 Å². The molecule has 0 bridgehead atoms. The van der Waals surface area contributed by atoms with E-state index in [2.05, 4.69) is 32.7 Å². The molecule has 2 N–H and O–H groups in total. The Morgan fingerprint density at radius 2 is 1.89 bits per heavy atom. The van der Waals surface area contributed by atoms with Gasteiger partial charge in [0.25, 0.3) is 0 Å². The van der Waals surface area contributed by atoms with Gasteiger partial charge in [-0.15, -0.1) is 0 Å². The minimum atomic E-state index is -0.306. The highest BCUT2D eigenvalue weighted by molar-refractivity contribution is 5.84. The first-order valence-corrected chi connectivity index (χ1v) is 9.10. The molecule has 0 saturated carbocycles. The Balaban J connectivity index is 1.31. The Labute approximate surface area is 159 Å². The lowest BCUT2D eigenvalue weighted by Gasteiger charge is -2.41. The molecule has 1 fully saturated rings. The van der Waals surface area contributed by atoms with Crippen LogP contribution in [0, 0.1) is 0 Å². The molecule has 1 aliphatic rings. The van der Waals surface area contributed by atoms with Crippen molar-refractivity contribution in [3.05, 3.63) is 60.4 Å². The Bertz CT molecular complexity index is 747. The maximum atomic E-state index is 12.1. The summed E-state index contributed by atoms with van der Waals surface area (Å²) in [4.78, 5) is 32.1. The molecule has 7 heteroatoms. The number of nitrogens with zero attached hydrogens (tertiary/aromatic N) is 3. The summed E-state index contributed by atoms with van der Waals surface area (Å²) >= 11 is 0. The molecule has 27 heavy (non-hydrogen) atoms. The summed E-state index contributed by atoms with van der Waals surface area (Å²) in [7, 11) is 1.73. The molecular weight excluding hydrogens is 342 g/mol. The number of para-hydroxylation sites is 1. The van der Waals surface area contributed by atoms with Crippen LogP contribution in [0.25, 0.3) is 0 Å². The fourth-order valence-electron chi connectivity index (χ4n) is 2.90. The molecule has 3 rings (SSSR count). The first-order chi connectivity index (χ1) is 13.1. The summed E-state index contributed by atoms with van der Waals surface area (Å²) < 4.78 is 0. The second kappa shape index (κ2) is 9.02. The van der Waals surface area contributed by atoms with E-state index in [1.807, 2.05) is 36.4 Å². The molecule has 1 saturated heterocycles. The number of urea groups is 1. The van der Waals surface area contributed by atoms with Gasteiger partial charge < -0.3 is 20.4 Å². The van der Waals surface area contributed by atoms with Crippen molar-refractivity contribution in [2.45, 2.75) is 12.5 Å². The largest absolute Gasteiger partial charge is 0.367 e. The Morgan fingerprint density at radius 3 is 2.59 bits per heavy atom. The van der Waals surface area contributed by atoms with Crippen LogP contribution in [0.2, 0.25) is 0 Å². The van der Waals surface area contributed by atoms with Crippen molar-refractivity contribution in [3.63, 3.8) is 0 Å². The lowest BCUT2D eigenvalue weighted by Crippen LogP contribution is -2.61. The van der Waals surface area contributed by atoms with Crippen LogP contribution in [0.5, 0.6) is 0 Å². The summed E-state index contributed by atoms with van der Waals surface area (Å²) in [5.74, 6) is -0.124. The van der Waals surface area contributed by atoms with Gasteiger partial charge in [0.05, 0.1) is 12.6 Å². The maximum Gasteiger partial charge on any atom is 0.315 e. The van der Waals surface area contributed by atoms with E-state index < -0.39 is 0 Å². The Morgan fingerprint density at radius 1 is 1.15 bits per heavy atom. The number of hydrogen-bond donors (Lipinski definition) is 2. The molecule has 0 unspecified atom stereocenters. The van der Waals surface area contributed by atoms with E-state index in [-0.39, 0.29) is 24.5 Å². The van der Waals surface area contributed by atoms with E-state index in [9.17, 15) is 9.59 Å². The molecule has 0 radical (unpaired) electrons. The molecule has 3 amide bonds. The summed E-state index contributed by atoms with van der Waals surface area (Å²) in [6.07, 6.45) is 2.43. The predicted molar refractivity (Wildman–Crippen MR) is 105 cm³/mol. The minimum Gasteiger partial charge on any atom is -0.367 e. The van der Waals surface area contributed by atoms with E-state index in [4.69, 9.17) is 0 Å². The van der Waals surface area contributed by atoms with Crippen LogP contribution < -0.4 is 15.5 Å². The summed E-state index contributed by atoms with van der Waals surface area (Å²) in [5, 5.41) is 5.54. The van der Waals surface area contributed by atoms with Crippen LogP contribution in [0.3, 0.4) is 0 Å². The number of carbonyl (C=O) groups is 2. The van der Waals surface area contributed by atoms with Crippen LogP contribution in [-0.2, 0) is 11.2 Å². The zero-order valence-electron chi connectivity index (χ0n) is 15.5. The van der Waals surface area contributed by atoms with Gasteiger partial charge in [-0.25, -0.2) is 4.79 Å². The van der Waals surface area contributed by atoms with Gasteiger partial charge in [0.1, 0.15) is 0 Å². The molecule has 2 heterocycles. The number of benzene rings is 1. The van der Waals surface area contributed by atoms with Gasteiger partial charge in [0.15, 0.2) is 0 Å². The van der Waals surface area contributed by atoms with Crippen LogP contribution in [0.1, 0.15) is 5.69 Å². The number of hydrogen-bond acceptors (Lipinski definition) is 4. The fraction of sp³-hybridized carbons (Fsp3) is 0.350. The average molecular weight is 367 g/mol. The number of likely N-dealkylation sites (N-methyl/N-ethyl adjacent to an activating group) is 1. The quantitative estimate of drug-likeness (QED) is 0.773. The molecule has 0 spiro atoms. The molecular formula is C20H25N5O2. The van der Waals surface area contributed by atoms with Crippen molar-refractivity contribution in [1.82, 2.24) is 20.5 Å². The minimum absolute atomic E-state index is 0.0142. The number of amides is 3. The monoisotopic (exact) mass is 367 g/mol. The molecule has 1 aromatic carbocycles. The number of nitrogens with one attached hydrogen (secondary N) is 2. The molecule has 0 aliphatic carbocycles. The molecule has 2 aromatic rings. The number of pyridine rings is 1. The average Bonchev–Trinajstić information content (AvgIpc) is 2.68. The smallest absolute Gasteiger partial charge is 0.315 e. The van der Waals surface area contributed by atoms with Crippen LogP contribution in [0.4, 0.5) is 10.5 Å². The van der Waals surface area contributed by atoms with E-state index in [1.165, 1.54) is 0 Å². The third-order valence-corrected chi connectivity index (χ3v) is 4.59. The summed E-state index contributed by atoms with van der Waals surface area (Å²) in [5.41, 5.74) is 2.09. The third-order valence-electron chi connectivity index (χ3n) is 4.59. The van der Waals surface area contributed by atoms with Crippen molar-refractivity contribution in [1.29, 1.82) is 0 Å². The number of carbonyl (C=O) groups excluding carboxylic acids is 2. The number of aromatic nitrogens is 1. The van der Waals surface area contributed by atoms with Gasteiger partial charge in [-0.2, -0.15) is 0 Å². The van der Waals surface area contributed by atoms with Crippen molar-refractivity contribution in [3.8, 4) is 0 Å². The Hall–Kier alpha value is -3.09. The van der Waals surface area contributed by atoms with E-state index >= 15 is 0 Å². The zero-order valence-corrected chi connectivity index (χ0v) is 15.5. The summed E-state index contributed by atoms with van der Waals surface area (Å²) in [6.45, 7) is 2.10. The normalized spacial score (nSPS) is 13.6. The van der Waals surface area contributed by atoms with Gasteiger partial charge in [0, 0.05) is 50.7 Å². The van der Waals surface area contributed by atoms with Crippen molar-refractivity contribution in [2.75, 3.05) is 38.1 Å². The maximum absolute atomic E-state index is 12.1. The van der Waals surface area contributed by atoms with E-state index in [0.717, 1.165) is 24.5 Å². The number of rotatable bonds is 7. The molecule has 0 atom stereocenters. The van der Waals surface area contributed by atoms with Crippen LogP contribution in [0.15, 0.2) is 54.7 Å². The van der Waals surface area contributed by atoms with Crippen molar-refractivity contribution in [2.24, 2.45) is 0 Å². The fourth-order valence-corrected chi connectivity index (χ4v) is 2.90. The first-order valence-electron chi connectivity index (χ1n) is 9.10. The topological polar surface area (TPSA) is 77.6 Å². The first kappa shape index (κ1) is 18.7. The lowest BCUT2D eigenvalue weighted by atomic mass is 10.1. The molecule has 1 aromatic heterocycles. The van der Waals surface area contributed by atoms with Crippen LogP contribution >= 0.6 is 0 Å². The second-order valence-corrected chi connectivity index (χ2v) is 6.65. The second-order valence-electron chi connectivity index (χ2n) is 6.65. The molecule has 7 nitrogen and oxygen atoms in total. The van der Waals surface area contributed by atoms with Gasteiger partial charge in [-0.05, 0) is 24.3 Å². The van der Waals surface area contributed by atoms with Crippen molar-refractivity contribution >= 4 is 17.6 Å².